The van der Waals surface area contributed by atoms with Gasteiger partial charge in [0, 0.05) is 35.9 Å². The van der Waals surface area contributed by atoms with Crippen molar-refractivity contribution in [2.45, 2.75) is 51.6 Å². The lowest BCUT2D eigenvalue weighted by molar-refractivity contribution is 0.457. The Kier molecular flexibility index (Phi) is 4.70. The second kappa shape index (κ2) is 6.29. The van der Waals surface area contributed by atoms with Gasteiger partial charge in [-0.3, -0.25) is 0 Å². The van der Waals surface area contributed by atoms with Gasteiger partial charge in [0.15, 0.2) is 0 Å². The quantitative estimate of drug-likeness (QED) is 0.853. The van der Waals surface area contributed by atoms with Crippen molar-refractivity contribution in [1.29, 1.82) is 0 Å². The van der Waals surface area contributed by atoms with Crippen molar-refractivity contribution in [3.05, 3.63) is 23.8 Å². The second-order valence-corrected chi connectivity index (χ2v) is 5.48. The summed E-state index contributed by atoms with van der Waals surface area (Å²) in [5.74, 6) is 0.399. The third kappa shape index (κ3) is 3.03. The van der Waals surface area contributed by atoms with Crippen molar-refractivity contribution in [1.82, 2.24) is 5.32 Å². The Hall–Kier alpha value is -1.22. The molecule has 0 aromatic heterocycles. The van der Waals surface area contributed by atoms with Gasteiger partial charge < -0.3 is 15.3 Å². The molecule has 2 rings (SSSR count). The van der Waals surface area contributed by atoms with Crippen molar-refractivity contribution in [2.24, 2.45) is 0 Å². The molecule has 1 aliphatic carbocycles. The molecule has 0 aliphatic heterocycles. The molecule has 2 N–H and O–H groups in total. The molecular formula is C16H26N2O. The first-order valence-electron chi connectivity index (χ1n) is 7.44. The first kappa shape index (κ1) is 14.2. The predicted molar refractivity (Wildman–Crippen MR) is 80.9 cm³/mol. The molecule has 0 radical (unpaired) electrons. The fourth-order valence-electron chi connectivity index (χ4n) is 3.10. The van der Waals surface area contributed by atoms with Crippen LogP contribution in [0.3, 0.4) is 0 Å². The molecule has 3 heteroatoms. The fourth-order valence-corrected chi connectivity index (χ4v) is 3.10. The van der Waals surface area contributed by atoms with Crippen LogP contribution < -0.4 is 10.2 Å². The first-order valence-corrected chi connectivity index (χ1v) is 7.44. The number of anilines is 1. The van der Waals surface area contributed by atoms with Crippen LogP contribution in [0.15, 0.2) is 18.2 Å². The zero-order chi connectivity index (χ0) is 13.8. The molecule has 1 saturated carbocycles. The van der Waals surface area contributed by atoms with Crippen LogP contribution in [-0.4, -0.2) is 24.7 Å². The topological polar surface area (TPSA) is 35.5 Å². The predicted octanol–water partition coefficient (Wildman–Crippen LogP) is 3.44. The standard InChI is InChI=1S/C16H26N2O/c1-4-18(13-7-5-6-8-13)14-9-10-15(12(2)17-3)16(19)11-14/h9-13,17,19H,4-8H2,1-3H3. The number of aromatic hydroxyl groups is 1. The van der Waals surface area contributed by atoms with E-state index in [2.05, 4.69) is 30.1 Å². The van der Waals surface area contributed by atoms with Gasteiger partial charge in [0.05, 0.1) is 0 Å². The van der Waals surface area contributed by atoms with Crippen LogP contribution in [0.2, 0.25) is 0 Å². The molecule has 1 aromatic carbocycles. The molecule has 106 valence electrons. The van der Waals surface area contributed by atoms with Gasteiger partial charge >= 0.3 is 0 Å². The van der Waals surface area contributed by atoms with Crippen LogP contribution in [0.4, 0.5) is 5.69 Å². The fraction of sp³-hybridized carbons (Fsp3) is 0.625. The summed E-state index contributed by atoms with van der Waals surface area (Å²) in [5.41, 5.74) is 2.12. The average molecular weight is 262 g/mol. The minimum Gasteiger partial charge on any atom is -0.508 e. The molecule has 1 aliphatic rings. The molecule has 1 atom stereocenters. The van der Waals surface area contributed by atoms with E-state index in [4.69, 9.17) is 0 Å². The summed E-state index contributed by atoms with van der Waals surface area (Å²) in [4.78, 5) is 2.43. The molecule has 1 fully saturated rings. The molecule has 3 nitrogen and oxygen atoms in total. The lowest BCUT2D eigenvalue weighted by Gasteiger charge is -2.30. The highest BCUT2D eigenvalue weighted by atomic mass is 16.3. The van der Waals surface area contributed by atoms with E-state index in [1.807, 2.05) is 19.2 Å². The summed E-state index contributed by atoms with van der Waals surface area (Å²) in [7, 11) is 1.91. The Balaban J connectivity index is 2.22. The summed E-state index contributed by atoms with van der Waals surface area (Å²) in [6.07, 6.45) is 5.23. The number of hydrogen-bond donors (Lipinski definition) is 2. The van der Waals surface area contributed by atoms with Crippen LogP contribution in [0.5, 0.6) is 5.75 Å². The monoisotopic (exact) mass is 262 g/mol. The molecule has 0 bridgehead atoms. The number of nitrogens with zero attached hydrogens (tertiary/aromatic N) is 1. The molecule has 0 heterocycles. The Morgan fingerprint density at radius 1 is 1.37 bits per heavy atom. The summed E-state index contributed by atoms with van der Waals surface area (Å²) in [6, 6.07) is 6.94. The van der Waals surface area contributed by atoms with Crippen molar-refractivity contribution >= 4 is 5.69 Å². The lowest BCUT2D eigenvalue weighted by Crippen LogP contribution is -2.32. The normalized spacial score (nSPS) is 17.6. The largest absolute Gasteiger partial charge is 0.508 e. The van der Waals surface area contributed by atoms with E-state index in [1.54, 1.807) is 0 Å². The van der Waals surface area contributed by atoms with Gasteiger partial charge in [0.1, 0.15) is 5.75 Å². The smallest absolute Gasteiger partial charge is 0.122 e. The van der Waals surface area contributed by atoms with Gasteiger partial charge in [-0.05, 0) is 39.8 Å². The molecule has 1 unspecified atom stereocenters. The van der Waals surface area contributed by atoms with E-state index in [0.717, 1.165) is 17.8 Å². The molecular weight excluding hydrogens is 236 g/mol. The summed E-state index contributed by atoms with van der Waals surface area (Å²) < 4.78 is 0. The highest BCUT2D eigenvalue weighted by Gasteiger charge is 2.22. The molecule has 1 aromatic rings. The maximum Gasteiger partial charge on any atom is 0.122 e. The van der Waals surface area contributed by atoms with E-state index in [0.29, 0.717) is 11.8 Å². The average Bonchev–Trinajstić information content (AvgIpc) is 2.93. The third-order valence-corrected chi connectivity index (χ3v) is 4.35. The zero-order valence-electron chi connectivity index (χ0n) is 12.3. The van der Waals surface area contributed by atoms with Crippen molar-refractivity contribution in [3.63, 3.8) is 0 Å². The summed E-state index contributed by atoms with van der Waals surface area (Å²) >= 11 is 0. The van der Waals surface area contributed by atoms with E-state index >= 15 is 0 Å². The van der Waals surface area contributed by atoms with E-state index in [9.17, 15) is 5.11 Å². The van der Waals surface area contributed by atoms with Gasteiger partial charge in [-0.15, -0.1) is 0 Å². The summed E-state index contributed by atoms with van der Waals surface area (Å²) in [5, 5.41) is 13.4. The van der Waals surface area contributed by atoms with Crippen LogP contribution >= 0.6 is 0 Å². The number of phenolic OH excluding ortho intramolecular Hbond substituents is 1. The SMILES string of the molecule is CCN(c1ccc(C(C)NC)c(O)c1)C1CCCC1. The van der Waals surface area contributed by atoms with E-state index in [1.165, 1.54) is 25.7 Å². The van der Waals surface area contributed by atoms with E-state index < -0.39 is 0 Å². The Bertz CT molecular complexity index is 413. The van der Waals surface area contributed by atoms with Gasteiger partial charge in [-0.1, -0.05) is 18.9 Å². The number of hydrogen-bond acceptors (Lipinski definition) is 3. The number of rotatable bonds is 5. The third-order valence-electron chi connectivity index (χ3n) is 4.35. The van der Waals surface area contributed by atoms with Crippen LogP contribution in [0.25, 0.3) is 0 Å². The Morgan fingerprint density at radius 2 is 2.05 bits per heavy atom. The van der Waals surface area contributed by atoms with Gasteiger partial charge in [0.25, 0.3) is 0 Å². The number of phenols is 1. The first-order chi connectivity index (χ1) is 9.17. The Morgan fingerprint density at radius 3 is 2.58 bits per heavy atom. The minimum absolute atomic E-state index is 0.176. The molecule has 0 spiro atoms. The maximum absolute atomic E-state index is 10.2. The molecule has 19 heavy (non-hydrogen) atoms. The zero-order valence-corrected chi connectivity index (χ0v) is 12.3. The lowest BCUT2D eigenvalue weighted by atomic mass is 10.1. The van der Waals surface area contributed by atoms with Crippen LogP contribution in [0.1, 0.15) is 51.1 Å². The molecule has 0 saturated heterocycles. The van der Waals surface area contributed by atoms with Gasteiger partial charge in [-0.2, -0.15) is 0 Å². The Labute approximate surface area is 116 Å². The second-order valence-electron chi connectivity index (χ2n) is 5.48. The van der Waals surface area contributed by atoms with Crippen molar-refractivity contribution < 1.29 is 5.11 Å². The number of nitrogens with one attached hydrogen (secondary N) is 1. The van der Waals surface area contributed by atoms with Crippen LogP contribution in [0, 0.1) is 0 Å². The summed E-state index contributed by atoms with van der Waals surface area (Å²) in [6.45, 7) is 5.26. The van der Waals surface area contributed by atoms with Crippen LogP contribution in [-0.2, 0) is 0 Å². The van der Waals surface area contributed by atoms with E-state index in [-0.39, 0.29) is 6.04 Å². The van der Waals surface area contributed by atoms with Crippen molar-refractivity contribution in [3.8, 4) is 5.75 Å². The highest BCUT2D eigenvalue weighted by molar-refractivity contribution is 5.54. The number of benzene rings is 1. The minimum atomic E-state index is 0.176. The van der Waals surface area contributed by atoms with Crippen molar-refractivity contribution in [2.75, 3.05) is 18.5 Å². The van der Waals surface area contributed by atoms with Gasteiger partial charge in [0.2, 0.25) is 0 Å². The maximum atomic E-state index is 10.2. The highest BCUT2D eigenvalue weighted by Crippen LogP contribution is 2.33. The van der Waals surface area contributed by atoms with Gasteiger partial charge in [-0.25, -0.2) is 0 Å². The molecule has 0 amide bonds.